The number of carbonyl (C=O) groups is 1. The normalized spacial score (nSPS) is 18.1. The maximum absolute atomic E-state index is 12.2. The van der Waals surface area contributed by atoms with E-state index in [0.717, 1.165) is 45.6 Å². The fourth-order valence-electron chi connectivity index (χ4n) is 2.09. The second-order valence-electron chi connectivity index (χ2n) is 5.72. The molecule has 0 heterocycles. The van der Waals surface area contributed by atoms with E-state index in [1.54, 1.807) is 0 Å². The van der Waals surface area contributed by atoms with Gasteiger partial charge in [0.15, 0.2) is 0 Å². The molecule has 0 bridgehead atoms. The highest BCUT2D eigenvalue weighted by Crippen LogP contribution is 2.25. The van der Waals surface area contributed by atoms with Gasteiger partial charge in [-0.3, -0.25) is 10.1 Å². The van der Waals surface area contributed by atoms with Gasteiger partial charge in [-0.15, -0.1) is 0 Å². The van der Waals surface area contributed by atoms with Gasteiger partial charge in [0.1, 0.15) is 5.54 Å². The molecule has 0 saturated heterocycles. The van der Waals surface area contributed by atoms with Crippen molar-refractivity contribution in [3.05, 3.63) is 0 Å². The first kappa shape index (κ1) is 17.4. The molecule has 1 N–H and O–H groups in total. The van der Waals surface area contributed by atoms with Crippen molar-refractivity contribution < 1.29 is 14.3 Å². The molecule has 20 heavy (non-hydrogen) atoms. The monoisotopic (exact) mass is 286 g/mol. The molecule has 1 rings (SSSR count). The van der Waals surface area contributed by atoms with Crippen molar-refractivity contribution in [1.29, 1.82) is 0 Å². The molecule has 0 aliphatic heterocycles. The van der Waals surface area contributed by atoms with Crippen LogP contribution in [0.2, 0.25) is 0 Å². The Balaban J connectivity index is 2.40. The average Bonchev–Trinajstić information content (AvgIpc) is 3.21. The second-order valence-corrected chi connectivity index (χ2v) is 5.72. The van der Waals surface area contributed by atoms with Crippen molar-refractivity contribution in [2.75, 3.05) is 40.0 Å². The van der Waals surface area contributed by atoms with Crippen molar-refractivity contribution in [3.63, 3.8) is 0 Å². The van der Waals surface area contributed by atoms with Crippen molar-refractivity contribution >= 4 is 5.97 Å². The number of likely N-dealkylation sites (N-methyl/N-ethyl adjacent to an activating group) is 1. The second kappa shape index (κ2) is 8.60. The van der Waals surface area contributed by atoms with E-state index in [4.69, 9.17) is 9.47 Å². The zero-order valence-electron chi connectivity index (χ0n) is 13.4. The van der Waals surface area contributed by atoms with Crippen molar-refractivity contribution in [3.8, 4) is 0 Å². The quantitative estimate of drug-likeness (QED) is 0.460. The third kappa shape index (κ3) is 6.20. The fourth-order valence-corrected chi connectivity index (χ4v) is 2.09. The molecule has 1 saturated carbocycles. The molecule has 0 amide bonds. The van der Waals surface area contributed by atoms with Gasteiger partial charge in [-0.2, -0.15) is 0 Å². The SMILES string of the molecule is CCOCCN(C)CCC(C)(NC1CC1)C(=O)OCC. The smallest absolute Gasteiger partial charge is 0.326 e. The third-order valence-electron chi connectivity index (χ3n) is 3.64. The summed E-state index contributed by atoms with van der Waals surface area (Å²) >= 11 is 0. The van der Waals surface area contributed by atoms with Crippen molar-refractivity contribution in [2.45, 2.75) is 51.6 Å². The van der Waals surface area contributed by atoms with Crippen molar-refractivity contribution in [1.82, 2.24) is 10.2 Å². The molecule has 0 aromatic rings. The number of nitrogens with one attached hydrogen (secondary N) is 1. The van der Waals surface area contributed by atoms with Crippen LogP contribution in [0.25, 0.3) is 0 Å². The van der Waals surface area contributed by atoms with Crippen LogP contribution in [0.4, 0.5) is 0 Å². The van der Waals surface area contributed by atoms with E-state index in [0.29, 0.717) is 12.6 Å². The minimum atomic E-state index is -0.572. The molecule has 1 aliphatic carbocycles. The summed E-state index contributed by atoms with van der Waals surface area (Å²) < 4.78 is 10.6. The lowest BCUT2D eigenvalue weighted by atomic mass is 9.97. The first-order valence-corrected chi connectivity index (χ1v) is 7.73. The number of carbonyl (C=O) groups excluding carboxylic acids is 1. The van der Waals surface area contributed by atoms with Crippen LogP contribution in [0.1, 0.15) is 40.0 Å². The van der Waals surface area contributed by atoms with Crippen LogP contribution in [0.15, 0.2) is 0 Å². The average molecular weight is 286 g/mol. The molecule has 1 unspecified atom stereocenters. The van der Waals surface area contributed by atoms with Crippen LogP contribution in [0.5, 0.6) is 0 Å². The van der Waals surface area contributed by atoms with Gasteiger partial charge < -0.3 is 14.4 Å². The van der Waals surface area contributed by atoms with Gasteiger partial charge in [0.2, 0.25) is 0 Å². The fraction of sp³-hybridized carbons (Fsp3) is 0.933. The summed E-state index contributed by atoms with van der Waals surface area (Å²) in [5.41, 5.74) is -0.572. The molecular formula is C15H30N2O3. The van der Waals surface area contributed by atoms with E-state index in [9.17, 15) is 4.79 Å². The minimum absolute atomic E-state index is 0.134. The predicted octanol–water partition coefficient (Wildman–Crippen LogP) is 1.42. The van der Waals surface area contributed by atoms with Gasteiger partial charge >= 0.3 is 5.97 Å². The van der Waals surface area contributed by atoms with Gasteiger partial charge in [0.05, 0.1) is 13.2 Å². The molecule has 5 nitrogen and oxygen atoms in total. The Hall–Kier alpha value is -0.650. The predicted molar refractivity (Wildman–Crippen MR) is 79.8 cm³/mol. The number of hydrogen-bond donors (Lipinski definition) is 1. The largest absolute Gasteiger partial charge is 0.465 e. The zero-order chi connectivity index (χ0) is 15.0. The van der Waals surface area contributed by atoms with E-state index in [1.807, 2.05) is 20.8 Å². The lowest BCUT2D eigenvalue weighted by molar-refractivity contribution is -0.151. The topological polar surface area (TPSA) is 50.8 Å². The first-order chi connectivity index (χ1) is 9.51. The van der Waals surface area contributed by atoms with Crippen LogP contribution < -0.4 is 5.32 Å². The summed E-state index contributed by atoms with van der Waals surface area (Å²) in [5.74, 6) is -0.134. The molecule has 118 valence electrons. The number of nitrogens with zero attached hydrogens (tertiary/aromatic N) is 1. The van der Waals surface area contributed by atoms with E-state index in [-0.39, 0.29) is 5.97 Å². The summed E-state index contributed by atoms with van der Waals surface area (Å²) in [6.45, 7) is 9.46. The number of ether oxygens (including phenoxy) is 2. The molecule has 0 radical (unpaired) electrons. The van der Waals surface area contributed by atoms with E-state index in [1.165, 1.54) is 0 Å². The molecule has 0 aromatic carbocycles. The first-order valence-electron chi connectivity index (χ1n) is 7.73. The highest BCUT2D eigenvalue weighted by Gasteiger charge is 2.39. The summed E-state index contributed by atoms with van der Waals surface area (Å²) in [6.07, 6.45) is 3.08. The highest BCUT2D eigenvalue weighted by molar-refractivity contribution is 5.80. The van der Waals surface area contributed by atoms with Gasteiger partial charge in [-0.05, 0) is 47.1 Å². The van der Waals surface area contributed by atoms with Gasteiger partial charge in [0, 0.05) is 25.7 Å². The lowest BCUT2D eigenvalue weighted by Gasteiger charge is -2.30. The molecular weight excluding hydrogens is 256 g/mol. The van der Waals surface area contributed by atoms with Gasteiger partial charge in [0.25, 0.3) is 0 Å². The van der Waals surface area contributed by atoms with Gasteiger partial charge in [-0.1, -0.05) is 0 Å². The van der Waals surface area contributed by atoms with Crippen LogP contribution in [0.3, 0.4) is 0 Å². The Morgan fingerprint density at radius 1 is 1.30 bits per heavy atom. The van der Waals surface area contributed by atoms with Crippen LogP contribution in [-0.2, 0) is 14.3 Å². The maximum atomic E-state index is 12.2. The zero-order valence-corrected chi connectivity index (χ0v) is 13.4. The summed E-state index contributed by atoms with van der Waals surface area (Å²) in [5, 5.41) is 3.44. The van der Waals surface area contributed by atoms with Crippen LogP contribution in [-0.4, -0.2) is 62.4 Å². The highest BCUT2D eigenvalue weighted by atomic mass is 16.5. The van der Waals surface area contributed by atoms with Crippen LogP contribution >= 0.6 is 0 Å². The standard InChI is InChI=1S/C15H30N2O3/c1-5-19-12-11-17(4)10-9-15(3,14(18)20-6-2)16-13-7-8-13/h13,16H,5-12H2,1-4H3. The maximum Gasteiger partial charge on any atom is 0.326 e. The minimum Gasteiger partial charge on any atom is -0.465 e. The molecule has 0 aromatic heterocycles. The molecule has 0 spiro atoms. The van der Waals surface area contributed by atoms with Crippen molar-refractivity contribution in [2.24, 2.45) is 0 Å². The molecule has 1 atom stereocenters. The Morgan fingerprint density at radius 2 is 2.00 bits per heavy atom. The van der Waals surface area contributed by atoms with E-state index in [2.05, 4.69) is 17.3 Å². The molecule has 1 aliphatic rings. The number of hydrogen-bond acceptors (Lipinski definition) is 5. The Kier molecular flexibility index (Phi) is 7.48. The number of rotatable bonds is 11. The number of esters is 1. The Morgan fingerprint density at radius 3 is 2.55 bits per heavy atom. The van der Waals surface area contributed by atoms with Crippen LogP contribution in [0, 0.1) is 0 Å². The summed E-state index contributed by atoms with van der Waals surface area (Å²) in [7, 11) is 2.06. The summed E-state index contributed by atoms with van der Waals surface area (Å²) in [6, 6.07) is 0.484. The summed E-state index contributed by atoms with van der Waals surface area (Å²) in [4.78, 5) is 14.4. The Labute approximate surface area is 123 Å². The van der Waals surface area contributed by atoms with E-state index >= 15 is 0 Å². The molecule has 1 fully saturated rings. The lowest BCUT2D eigenvalue weighted by Crippen LogP contribution is -2.53. The van der Waals surface area contributed by atoms with E-state index < -0.39 is 5.54 Å². The molecule has 5 heteroatoms. The third-order valence-corrected chi connectivity index (χ3v) is 3.64. The van der Waals surface area contributed by atoms with Gasteiger partial charge in [-0.25, -0.2) is 0 Å². The Bertz CT molecular complexity index is 295.